The largest absolute Gasteiger partial charge is 0.488 e. The lowest BCUT2D eigenvalue weighted by atomic mass is 9.81. The molecule has 0 saturated carbocycles. The van der Waals surface area contributed by atoms with Crippen molar-refractivity contribution < 1.29 is 19.0 Å². The Morgan fingerprint density at radius 2 is 2.19 bits per heavy atom. The minimum Gasteiger partial charge on any atom is -0.423 e. The van der Waals surface area contributed by atoms with Gasteiger partial charge in [-0.2, -0.15) is 0 Å². The van der Waals surface area contributed by atoms with Crippen molar-refractivity contribution in [2.45, 2.75) is 20.8 Å². The van der Waals surface area contributed by atoms with Gasteiger partial charge in [0.25, 0.3) is 0 Å². The fraction of sp³-hybridized carbons (Fsp3) is 0.400. The van der Waals surface area contributed by atoms with Gasteiger partial charge in [0, 0.05) is 11.6 Å². The number of pyridine rings is 1. The molecule has 0 fully saturated rings. The third-order valence-corrected chi connectivity index (χ3v) is 1.78. The minimum atomic E-state index is -2.07. The molecule has 5 nitrogen and oxygen atoms in total. The van der Waals surface area contributed by atoms with E-state index in [4.69, 9.17) is 14.2 Å². The van der Waals surface area contributed by atoms with Gasteiger partial charge in [0.15, 0.2) is 0 Å². The molecule has 86 valence electrons. The molecule has 1 heterocycles. The maximum atomic E-state index is 11.8. The maximum absolute atomic E-state index is 11.8. The van der Waals surface area contributed by atoms with E-state index < -0.39 is 42.2 Å². The number of hydrogen-bond donors (Lipinski definition) is 3. The van der Waals surface area contributed by atoms with Crippen LogP contribution in [0, 0.1) is 5.41 Å². The number of carbonyl (C=O) groups is 1. The summed E-state index contributed by atoms with van der Waals surface area (Å²) in [7, 11) is -2.07. The zero-order chi connectivity index (χ0) is 15.0. The second kappa shape index (κ2) is 4.63. The van der Waals surface area contributed by atoms with Crippen molar-refractivity contribution in [3.63, 3.8) is 0 Å². The number of hydrogen-bond acceptors (Lipinski definition) is 4. The number of nitrogens with one attached hydrogen (secondary N) is 1. The second-order valence-corrected chi connectivity index (χ2v) is 4.31. The third-order valence-electron chi connectivity index (χ3n) is 1.78. The van der Waals surface area contributed by atoms with E-state index in [-0.39, 0.29) is 5.82 Å². The first-order valence-corrected chi connectivity index (χ1v) is 4.71. The number of rotatable bonds is 2. The zero-order valence-electron chi connectivity index (χ0n) is 12.3. The summed E-state index contributed by atoms with van der Waals surface area (Å²) in [5.74, 6) is -0.687. The van der Waals surface area contributed by atoms with Crippen molar-refractivity contribution in [2.24, 2.45) is 5.41 Å². The van der Waals surface area contributed by atoms with Crippen LogP contribution >= 0.6 is 0 Å². The lowest BCUT2D eigenvalue weighted by Crippen LogP contribution is -2.32. The van der Waals surface area contributed by atoms with Gasteiger partial charge < -0.3 is 15.4 Å². The van der Waals surface area contributed by atoms with Crippen molar-refractivity contribution in [3.05, 3.63) is 18.3 Å². The van der Waals surface area contributed by atoms with Crippen LogP contribution in [0.2, 0.25) is 0 Å². The summed E-state index contributed by atoms with van der Waals surface area (Å²) in [6, 6.07) is -1.03. The van der Waals surface area contributed by atoms with Crippen LogP contribution in [0.1, 0.15) is 24.9 Å². The first-order chi connectivity index (χ1) is 8.55. The molecule has 0 aliphatic rings. The van der Waals surface area contributed by atoms with Crippen LogP contribution in [0.25, 0.3) is 0 Å². The lowest BCUT2D eigenvalue weighted by Gasteiger charge is -2.17. The van der Waals surface area contributed by atoms with Gasteiger partial charge in [0.05, 0.1) is 4.11 Å². The van der Waals surface area contributed by atoms with Crippen LogP contribution in [-0.2, 0) is 4.79 Å². The molecule has 0 atom stereocenters. The van der Waals surface area contributed by atoms with Gasteiger partial charge in [-0.25, -0.2) is 4.98 Å². The average molecular weight is 225 g/mol. The van der Waals surface area contributed by atoms with Gasteiger partial charge in [-0.1, -0.05) is 20.8 Å². The van der Waals surface area contributed by atoms with E-state index in [9.17, 15) is 4.79 Å². The predicted molar refractivity (Wildman–Crippen MR) is 62.1 cm³/mol. The fourth-order valence-corrected chi connectivity index (χ4v) is 0.814. The van der Waals surface area contributed by atoms with E-state index in [2.05, 4.69) is 10.3 Å². The van der Waals surface area contributed by atoms with Gasteiger partial charge in [-0.3, -0.25) is 4.79 Å². The molecular weight excluding hydrogens is 207 g/mol. The predicted octanol–water partition coefficient (Wildman–Crippen LogP) is -0.254. The highest BCUT2D eigenvalue weighted by atomic mass is 16.4. The molecule has 0 saturated heterocycles. The Balaban J connectivity index is 3.28. The Bertz CT molecular complexity index is 518. The summed E-state index contributed by atoms with van der Waals surface area (Å²) >= 11 is 0. The highest BCUT2D eigenvalue weighted by Gasteiger charge is 2.22. The molecule has 0 aliphatic heterocycles. The van der Waals surface area contributed by atoms with E-state index in [1.165, 1.54) is 0 Å². The molecule has 1 aromatic rings. The summed E-state index contributed by atoms with van der Waals surface area (Å²) < 4.78 is 22.6. The number of anilines is 1. The van der Waals surface area contributed by atoms with Crippen LogP contribution in [0.4, 0.5) is 5.82 Å². The molecule has 1 aromatic heterocycles. The molecule has 0 aromatic carbocycles. The summed E-state index contributed by atoms with van der Waals surface area (Å²) in [5, 5.41) is 20.6. The van der Waals surface area contributed by atoms with Crippen molar-refractivity contribution >= 4 is 24.3 Å². The van der Waals surface area contributed by atoms with Crippen LogP contribution in [0.3, 0.4) is 0 Å². The van der Waals surface area contributed by atoms with E-state index in [1.807, 2.05) is 0 Å². The summed E-state index contributed by atoms with van der Waals surface area (Å²) in [5.41, 5.74) is -1.18. The molecule has 0 radical (unpaired) electrons. The normalized spacial score (nSPS) is 13.7. The first-order valence-electron chi connectivity index (χ1n) is 6.21. The number of nitrogens with zero attached hydrogens (tertiary/aromatic N) is 1. The quantitative estimate of drug-likeness (QED) is 0.606. The van der Waals surface area contributed by atoms with Crippen molar-refractivity contribution in [3.8, 4) is 0 Å². The van der Waals surface area contributed by atoms with E-state index in [0.29, 0.717) is 0 Å². The molecule has 1 amide bonds. The Hall–Kier alpha value is -1.40. The third kappa shape index (κ3) is 3.32. The molecular formula is C10H15BN2O3. The van der Waals surface area contributed by atoms with Gasteiger partial charge in [0.2, 0.25) is 5.91 Å². The van der Waals surface area contributed by atoms with Crippen molar-refractivity contribution in [1.29, 1.82) is 0 Å². The zero-order valence-corrected chi connectivity index (χ0v) is 9.33. The molecule has 0 unspecified atom stereocenters. The summed E-state index contributed by atoms with van der Waals surface area (Å²) in [6.07, 6.45) is -0.539. The van der Waals surface area contributed by atoms with Crippen LogP contribution in [-0.4, -0.2) is 28.1 Å². The van der Waals surface area contributed by atoms with Gasteiger partial charge >= 0.3 is 7.12 Å². The number of amides is 1. The second-order valence-electron chi connectivity index (χ2n) is 4.31. The van der Waals surface area contributed by atoms with Crippen LogP contribution < -0.4 is 10.8 Å². The highest BCUT2D eigenvalue weighted by Crippen LogP contribution is 2.15. The number of carbonyl (C=O) groups excluding carboxylic acids is 1. The summed E-state index contributed by atoms with van der Waals surface area (Å²) in [6.45, 7) is 4.98. The van der Waals surface area contributed by atoms with Crippen LogP contribution in [0.5, 0.6) is 0 Å². The van der Waals surface area contributed by atoms with Gasteiger partial charge in [0.1, 0.15) is 5.82 Å². The van der Waals surface area contributed by atoms with E-state index in [0.717, 1.165) is 0 Å². The fourth-order valence-electron chi connectivity index (χ4n) is 0.814. The van der Waals surface area contributed by atoms with E-state index >= 15 is 0 Å². The average Bonchev–Trinajstić information content (AvgIpc) is 2.24. The molecule has 3 N–H and O–H groups in total. The molecule has 0 spiro atoms. The standard InChI is InChI=1S/C10H15BN2O3/c1-10(2,3)9(14)13-8-6-7(11(15)16)4-5-12-8/h4-6,15-16H,1-3H3,(H,12,13,14)/i4D,5D,6D. The SMILES string of the molecule is [2H]c1nc(NC(=O)C(C)(C)C)c([2H])c(B(O)O)c1[2H]. The molecule has 1 rings (SSSR count). The Morgan fingerprint density at radius 1 is 1.56 bits per heavy atom. The monoisotopic (exact) mass is 225 g/mol. The lowest BCUT2D eigenvalue weighted by molar-refractivity contribution is -0.123. The van der Waals surface area contributed by atoms with Crippen molar-refractivity contribution in [1.82, 2.24) is 4.98 Å². The van der Waals surface area contributed by atoms with Crippen LogP contribution in [0.15, 0.2) is 18.3 Å². The summed E-state index contributed by atoms with van der Waals surface area (Å²) in [4.78, 5) is 15.4. The Kier molecular flexibility index (Phi) is 2.52. The van der Waals surface area contributed by atoms with Crippen molar-refractivity contribution in [2.75, 3.05) is 5.32 Å². The molecule has 16 heavy (non-hydrogen) atoms. The van der Waals surface area contributed by atoms with E-state index in [1.54, 1.807) is 20.8 Å². The van der Waals surface area contributed by atoms with Gasteiger partial charge in [-0.05, 0) is 17.5 Å². The Morgan fingerprint density at radius 3 is 2.69 bits per heavy atom. The molecule has 6 heteroatoms. The van der Waals surface area contributed by atoms with Gasteiger partial charge in [-0.15, -0.1) is 0 Å². The molecule has 0 bridgehead atoms. The topological polar surface area (TPSA) is 82.5 Å². The minimum absolute atomic E-state index is 0.260. The smallest absolute Gasteiger partial charge is 0.423 e. The Labute approximate surface area is 98.9 Å². The highest BCUT2D eigenvalue weighted by molar-refractivity contribution is 6.58. The molecule has 0 aliphatic carbocycles. The maximum Gasteiger partial charge on any atom is 0.488 e. The first kappa shape index (κ1) is 8.72. The number of aromatic nitrogens is 1.